The lowest BCUT2D eigenvalue weighted by atomic mass is 10.1. The van der Waals surface area contributed by atoms with Crippen molar-refractivity contribution < 1.29 is 9.53 Å². The molecule has 1 rings (SSSR count). The van der Waals surface area contributed by atoms with E-state index in [-0.39, 0.29) is 6.09 Å². The van der Waals surface area contributed by atoms with Crippen LogP contribution in [-0.4, -0.2) is 18.2 Å². The normalized spacial score (nSPS) is 11.6. The van der Waals surface area contributed by atoms with Crippen molar-refractivity contribution in [2.45, 2.75) is 52.6 Å². The second-order valence-corrected chi connectivity index (χ2v) is 6.11. The number of carbonyl (C=O) groups excluding carboxylic acids is 1. The Kier molecular flexibility index (Phi) is 7.00. The van der Waals surface area contributed by atoms with Crippen LogP contribution in [0.5, 0.6) is 0 Å². The third-order valence-corrected chi connectivity index (χ3v) is 2.81. The molecule has 0 fully saturated rings. The van der Waals surface area contributed by atoms with E-state index in [1.165, 1.54) is 17.5 Å². The molecular weight excluding hydrogens is 262 g/mol. The summed E-state index contributed by atoms with van der Waals surface area (Å²) in [6.45, 7) is 8.34. The second kappa shape index (κ2) is 8.50. The van der Waals surface area contributed by atoms with Crippen molar-refractivity contribution >= 4 is 12.2 Å². The average molecular weight is 289 g/mol. The number of alkyl carbamates (subject to hydrolysis) is 1. The van der Waals surface area contributed by atoms with Gasteiger partial charge in [0, 0.05) is 6.54 Å². The predicted molar refractivity (Wildman–Crippen MR) is 88.3 cm³/mol. The van der Waals surface area contributed by atoms with Crippen LogP contribution in [0.3, 0.4) is 0 Å². The zero-order valence-electron chi connectivity index (χ0n) is 13.6. The molecule has 0 unspecified atom stereocenters. The van der Waals surface area contributed by atoms with Gasteiger partial charge in [-0.1, -0.05) is 49.8 Å². The lowest BCUT2D eigenvalue weighted by molar-refractivity contribution is 0.0529. The Balaban J connectivity index is 2.27. The lowest BCUT2D eigenvalue weighted by Gasteiger charge is -2.19. The summed E-state index contributed by atoms with van der Waals surface area (Å²) in [5.74, 6) is 0. The molecule has 1 aromatic rings. The van der Waals surface area contributed by atoms with Gasteiger partial charge in [0.1, 0.15) is 5.60 Å². The Morgan fingerprint density at radius 3 is 2.48 bits per heavy atom. The highest BCUT2D eigenvalue weighted by Crippen LogP contribution is 2.09. The van der Waals surface area contributed by atoms with Gasteiger partial charge in [0.15, 0.2) is 0 Å². The highest BCUT2D eigenvalue weighted by molar-refractivity contribution is 5.67. The summed E-state index contributed by atoms with van der Waals surface area (Å²) < 4.78 is 5.16. The maximum absolute atomic E-state index is 11.4. The van der Waals surface area contributed by atoms with Gasteiger partial charge in [-0.05, 0) is 44.7 Å². The Bertz CT molecular complexity index is 455. The number of ether oxygens (including phenoxy) is 1. The minimum absolute atomic E-state index is 0.361. The number of amides is 1. The van der Waals surface area contributed by atoms with Gasteiger partial charge >= 0.3 is 6.09 Å². The fourth-order valence-electron chi connectivity index (χ4n) is 1.88. The molecule has 0 heterocycles. The van der Waals surface area contributed by atoms with Gasteiger partial charge < -0.3 is 10.1 Å². The minimum Gasteiger partial charge on any atom is -0.444 e. The summed E-state index contributed by atoms with van der Waals surface area (Å²) in [7, 11) is 0. The zero-order chi connectivity index (χ0) is 15.7. The standard InChI is InChI=1S/C18H27NO2/c1-5-8-15-10-12-16(13-11-15)9-6-7-14-19-17(20)21-18(2,3)4/h6,9-13H,5,7-8,14H2,1-4H3,(H,19,20). The van der Waals surface area contributed by atoms with Crippen LogP contribution in [0.1, 0.15) is 51.7 Å². The van der Waals surface area contributed by atoms with E-state index in [9.17, 15) is 4.79 Å². The van der Waals surface area contributed by atoms with Crippen LogP contribution in [-0.2, 0) is 11.2 Å². The molecule has 3 heteroatoms. The lowest BCUT2D eigenvalue weighted by Crippen LogP contribution is -2.32. The maximum atomic E-state index is 11.4. The number of aryl methyl sites for hydroxylation is 1. The number of hydrogen-bond donors (Lipinski definition) is 1. The molecule has 0 saturated carbocycles. The van der Waals surface area contributed by atoms with Crippen molar-refractivity contribution in [2.24, 2.45) is 0 Å². The van der Waals surface area contributed by atoms with Gasteiger partial charge in [0.05, 0.1) is 0 Å². The molecule has 0 aliphatic carbocycles. The van der Waals surface area contributed by atoms with Crippen molar-refractivity contribution in [3.63, 3.8) is 0 Å². The molecule has 0 aromatic heterocycles. The van der Waals surface area contributed by atoms with Crippen molar-refractivity contribution in [3.05, 3.63) is 41.5 Å². The van der Waals surface area contributed by atoms with Crippen LogP contribution >= 0.6 is 0 Å². The van der Waals surface area contributed by atoms with E-state index in [2.05, 4.69) is 48.7 Å². The highest BCUT2D eigenvalue weighted by atomic mass is 16.6. The van der Waals surface area contributed by atoms with E-state index < -0.39 is 5.60 Å². The summed E-state index contributed by atoms with van der Waals surface area (Å²) in [6, 6.07) is 8.59. The molecule has 0 atom stereocenters. The van der Waals surface area contributed by atoms with Crippen LogP contribution in [0.25, 0.3) is 6.08 Å². The Morgan fingerprint density at radius 1 is 1.24 bits per heavy atom. The second-order valence-electron chi connectivity index (χ2n) is 6.11. The molecule has 21 heavy (non-hydrogen) atoms. The molecule has 0 aliphatic heterocycles. The molecular formula is C18H27NO2. The van der Waals surface area contributed by atoms with Crippen LogP contribution in [0.2, 0.25) is 0 Å². The molecule has 0 aliphatic rings. The number of rotatable bonds is 6. The third kappa shape index (κ3) is 8.18. The van der Waals surface area contributed by atoms with Crippen LogP contribution < -0.4 is 5.32 Å². The van der Waals surface area contributed by atoms with E-state index in [1.54, 1.807) is 0 Å². The topological polar surface area (TPSA) is 38.3 Å². The van der Waals surface area contributed by atoms with Gasteiger partial charge in [0.25, 0.3) is 0 Å². The largest absolute Gasteiger partial charge is 0.444 e. The van der Waals surface area contributed by atoms with Gasteiger partial charge in [-0.2, -0.15) is 0 Å². The van der Waals surface area contributed by atoms with Crippen molar-refractivity contribution in [1.82, 2.24) is 5.32 Å². The fourth-order valence-corrected chi connectivity index (χ4v) is 1.88. The molecule has 1 amide bonds. The van der Waals surface area contributed by atoms with E-state index in [0.29, 0.717) is 6.54 Å². The van der Waals surface area contributed by atoms with Gasteiger partial charge in [-0.25, -0.2) is 4.79 Å². The van der Waals surface area contributed by atoms with E-state index >= 15 is 0 Å². The van der Waals surface area contributed by atoms with Crippen LogP contribution in [0.15, 0.2) is 30.3 Å². The van der Waals surface area contributed by atoms with Gasteiger partial charge in [-0.3, -0.25) is 0 Å². The van der Waals surface area contributed by atoms with E-state index in [4.69, 9.17) is 4.74 Å². The summed E-state index contributed by atoms with van der Waals surface area (Å²) in [5.41, 5.74) is 2.12. The van der Waals surface area contributed by atoms with Gasteiger partial charge in [0.2, 0.25) is 0 Å². The van der Waals surface area contributed by atoms with Crippen molar-refractivity contribution in [3.8, 4) is 0 Å². The number of carbonyl (C=O) groups is 1. The zero-order valence-corrected chi connectivity index (χ0v) is 13.6. The molecule has 0 radical (unpaired) electrons. The quantitative estimate of drug-likeness (QED) is 0.779. The molecule has 0 spiro atoms. The fraction of sp³-hybridized carbons (Fsp3) is 0.500. The molecule has 1 N–H and O–H groups in total. The number of benzene rings is 1. The molecule has 116 valence electrons. The molecule has 0 saturated heterocycles. The number of nitrogens with one attached hydrogen (secondary N) is 1. The maximum Gasteiger partial charge on any atom is 0.407 e. The smallest absolute Gasteiger partial charge is 0.407 e. The first-order chi connectivity index (χ1) is 9.90. The summed E-state index contributed by atoms with van der Waals surface area (Å²) in [6.07, 6.45) is 6.86. The number of hydrogen-bond acceptors (Lipinski definition) is 2. The summed E-state index contributed by atoms with van der Waals surface area (Å²) in [5, 5.41) is 2.74. The van der Waals surface area contributed by atoms with E-state index in [0.717, 1.165) is 12.8 Å². The summed E-state index contributed by atoms with van der Waals surface area (Å²) >= 11 is 0. The Hall–Kier alpha value is -1.77. The monoisotopic (exact) mass is 289 g/mol. The van der Waals surface area contributed by atoms with Crippen LogP contribution in [0, 0.1) is 0 Å². The van der Waals surface area contributed by atoms with Gasteiger partial charge in [-0.15, -0.1) is 0 Å². The first kappa shape index (κ1) is 17.3. The summed E-state index contributed by atoms with van der Waals surface area (Å²) in [4.78, 5) is 11.4. The SMILES string of the molecule is CCCc1ccc(C=CCCNC(=O)OC(C)(C)C)cc1. The van der Waals surface area contributed by atoms with Crippen molar-refractivity contribution in [2.75, 3.05) is 6.54 Å². The minimum atomic E-state index is -0.444. The Morgan fingerprint density at radius 2 is 1.90 bits per heavy atom. The average Bonchev–Trinajstić information content (AvgIpc) is 2.38. The Labute approximate surface area is 128 Å². The highest BCUT2D eigenvalue weighted by Gasteiger charge is 2.14. The first-order valence-electron chi connectivity index (χ1n) is 7.63. The molecule has 1 aromatic carbocycles. The predicted octanol–water partition coefficient (Wildman–Crippen LogP) is 4.57. The third-order valence-electron chi connectivity index (χ3n) is 2.81. The van der Waals surface area contributed by atoms with Crippen molar-refractivity contribution in [1.29, 1.82) is 0 Å². The van der Waals surface area contributed by atoms with E-state index in [1.807, 2.05) is 20.8 Å². The first-order valence-corrected chi connectivity index (χ1v) is 7.63. The molecule has 3 nitrogen and oxygen atoms in total. The molecule has 0 bridgehead atoms. The van der Waals surface area contributed by atoms with Crippen LogP contribution in [0.4, 0.5) is 4.79 Å².